The third kappa shape index (κ3) is 3.42. The number of β-amino-alcohol motifs (C(OH)–C–C–N with tert-alkyl or cyclic N) is 1. The molecule has 0 radical (unpaired) electrons. The summed E-state index contributed by atoms with van der Waals surface area (Å²) in [5, 5.41) is 12.1. The first-order valence-electron chi connectivity index (χ1n) is 9.52. The number of aliphatic hydroxyl groups excluding tert-OH is 1. The highest BCUT2D eigenvalue weighted by Crippen LogP contribution is 2.30. The summed E-state index contributed by atoms with van der Waals surface area (Å²) in [7, 11) is 1.26. The molecule has 30 heavy (non-hydrogen) atoms. The predicted molar refractivity (Wildman–Crippen MR) is 110 cm³/mol. The van der Waals surface area contributed by atoms with Crippen LogP contribution in [0.15, 0.2) is 59.8 Å². The second kappa shape index (κ2) is 8.00. The van der Waals surface area contributed by atoms with Crippen LogP contribution in [-0.2, 0) is 20.9 Å². The van der Waals surface area contributed by atoms with Gasteiger partial charge in [0.05, 0.1) is 32.4 Å². The minimum Gasteiger partial charge on any atom is -0.466 e. The van der Waals surface area contributed by atoms with Gasteiger partial charge in [-0.15, -0.1) is 0 Å². The van der Waals surface area contributed by atoms with Gasteiger partial charge in [0.15, 0.2) is 0 Å². The quantitative estimate of drug-likeness (QED) is 0.705. The van der Waals surface area contributed by atoms with Crippen molar-refractivity contribution in [2.75, 3.05) is 37.0 Å². The Morgan fingerprint density at radius 2 is 1.80 bits per heavy atom. The minimum absolute atomic E-state index is 0.0485. The van der Waals surface area contributed by atoms with Crippen LogP contribution < -0.4 is 10.2 Å². The Morgan fingerprint density at radius 3 is 2.47 bits per heavy atom. The normalized spacial score (nSPS) is 15.7. The maximum Gasteiger partial charge on any atom is 0.337 e. The lowest BCUT2D eigenvalue weighted by Gasteiger charge is -2.17. The minimum atomic E-state index is -0.594. The zero-order valence-electron chi connectivity index (χ0n) is 16.4. The van der Waals surface area contributed by atoms with Crippen molar-refractivity contribution in [1.82, 2.24) is 4.90 Å². The van der Waals surface area contributed by atoms with Crippen molar-refractivity contribution in [2.45, 2.75) is 6.54 Å². The SMILES string of the molecule is COC(=O)C1=C(Nc2ccc(N3Cc4ccccc4C3=O)cc2)C(=O)N(CCO)C1. The summed E-state index contributed by atoms with van der Waals surface area (Å²) < 4.78 is 4.78. The van der Waals surface area contributed by atoms with Crippen molar-refractivity contribution < 1.29 is 24.2 Å². The molecule has 2 aromatic carbocycles. The van der Waals surface area contributed by atoms with Crippen LogP contribution in [0.1, 0.15) is 15.9 Å². The molecule has 2 aliphatic heterocycles. The fraction of sp³-hybridized carbons (Fsp3) is 0.227. The van der Waals surface area contributed by atoms with Crippen LogP contribution in [0, 0.1) is 0 Å². The molecule has 0 unspecified atom stereocenters. The molecule has 2 aromatic rings. The number of aliphatic hydroxyl groups is 1. The molecular formula is C22H21N3O5. The van der Waals surface area contributed by atoms with E-state index >= 15 is 0 Å². The summed E-state index contributed by atoms with van der Waals surface area (Å²) in [6, 6.07) is 14.6. The number of fused-ring (bicyclic) bond motifs is 1. The molecule has 0 aliphatic carbocycles. The summed E-state index contributed by atoms with van der Waals surface area (Å²) in [4.78, 5) is 40.4. The van der Waals surface area contributed by atoms with Crippen LogP contribution in [0.3, 0.4) is 0 Å². The highest BCUT2D eigenvalue weighted by molar-refractivity contribution is 6.10. The molecule has 8 heteroatoms. The third-order valence-electron chi connectivity index (χ3n) is 5.22. The number of carbonyl (C=O) groups is 3. The van der Waals surface area contributed by atoms with Gasteiger partial charge in [-0.25, -0.2) is 4.79 Å². The van der Waals surface area contributed by atoms with E-state index in [-0.39, 0.29) is 42.8 Å². The van der Waals surface area contributed by atoms with Crippen LogP contribution >= 0.6 is 0 Å². The topological polar surface area (TPSA) is 99.2 Å². The number of carbonyl (C=O) groups excluding carboxylic acids is 3. The number of rotatable bonds is 6. The average molecular weight is 407 g/mol. The number of hydrogen-bond donors (Lipinski definition) is 2. The van der Waals surface area contributed by atoms with Crippen molar-refractivity contribution in [1.29, 1.82) is 0 Å². The largest absolute Gasteiger partial charge is 0.466 e. The highest BCUT2D eigenvalue weighted by Gasteiger charge is 2.34. The molecule has 0 aromatic heterocycles. The standard InChI is InChI=1S/C22H21N3O5/c1-30-22(29)18-13-24(10-11-26)21(28)19(18)23-15-6-8-16(9-7-15)25-12-14-4-2-3-5-17(14)20(25)27/h2-9,23,26H,10-13H2,1H3. The molecular weight excluding hydrogens is 386 g/mol. The van der Waals surface area contributed by atoms with E-state index in [1.807, 2.05) is 24.3 Å². The Morgan fingerprint density at radius 1 is 1.07 bits per heavy atom. The van der Waals surface area contributed by atoms with E-state index in [9.17, 15) is 14.4 Å². The van der Waals surface area contributed by atoms with Gasteiger partial charge < -0.3 is 25.0 Å². The number of benzene rings is 2. The van der Waals surface area contributed by atoms with Crippen molar-refractivity contribution in [3.8, 4) is 0 Å². The van der Waals surface area contributed by atoms with E-state index in [4.69, 9.17) is 9.84 Å². The second-order valence-corrected chi connectivity index (χ2v) is 7.02. The number of hydrogen-bond acceptors (Lipinski definition) is 6. The number of amides is 2. The molecule has 0 bridgehead atoms. The van der Waals surface area contributed by atoms with Crippen molar-refractivity contribution in [2.24, 2.45) is 0 Å². The number of anilines is 2. The maximum absolute atomic E-state index is 12.6. The summed E-state index contributed by atoms with van der Waals surface area (Å²) >= 11 is 0. The van der Waals surface area contributed by atoms with E-state index in [0.29, 0.717) is 17.8 Å². The van der Waals surface area contributed by atoms with Gasteiger partial charge >= 0.3 is 5.97 Å². The Bertz CT molecular complexity index is 1040. The Labute approximate surface area is 173 Å². The fourth-order valence-corrected chi connectivity index (χ4v) is 3.68. The third-order valence-corrected chi connectivity index (χ3v) is 5.22. The van der Waals surface area contributed by atoms with Gasteiger partial charge in [0.25, 0.3) is 11.8 Å². The average Bonchev–Trinajstić information content (AvgIpc) is 3.26. The van der Waals surface area contributed by atoms with E-state index < -0.39 is 5.97 Å². The zero-order chi connectivity index (χ0) is 21.3. The molecule has 2 aliphatic rings. The summed E-state index contributed by atoms with van der Waals surface area (Å²) in [6.45, 7) is 0.510. The number of nitrogens with zero attached hydrogens (tertiary/aromatic N) is 2. The zero-order valence-corrected chi connectivity index (χ0v) is 16.4. The van der Waals surface area contributed by atoms with Gasteiger partial charge in [-0.3, -0.25) is 9.59 Å². The molecule has 154 valence electrons. The van der Waals surface area contributed by atoms with E-state index in [2.05, 4.69) is 5.32 Å². The lowest BCUT2D eigenvalue weighted by molar-refractivity contribution is -0.136. The smallest absolute Gasteiger partial charge is 0.337 e. The van der Waals surface area contributed by atoms with Gasteiger partial charge in [-0.2, -0.15) is 0 Å². The Kier molecular flexibility index (Phi) is 5.24. The van der Waals surface area contributed by atoms with E-state index in [1.54, 1.807) is 29.2 Å². The number of esters is 1. The van der Waals surface area contributed by atoms with Crippen LogP contribution in [-0.4, -0.2) is 54.6 Å². The molecule has 2 amide bonds. The number of methoxy groups -OCH3 is 1. The molecule has 4 rings (SSSR count). The van der Waals surface area contributed by atoms with Gasteiger partial charge in [-0.1, -0.05) is 18.2 Å². The fourth-order valence-electron chi connectivity index (χ4n) is 3.68. The van der Waals surface area contributed by atoms with Gasteiger partial charge in [0.2, 0.25) is 0 Å². The highest BCUT2D eigenvalue weighted by atomic mass is 16.5. The number of ether oxygens (including phenoxy) is 1. The van der Waals surface area contributed by atoms with Crippen molar-refractivity contribution in [3.63, 3.8) is 0 Å². The van der Waals surface area contributed by atoms with Crippen molar-refractivity contribution in [3.05, 3.63) is 70.9 Å². The molecule has 0 atom stereocenters. The summed E-state index contributed by atoms with van der Waals surface area (Å²) in [5.74, 6) is -1.02. The summed E-state index contributed by atoms with van der Waals surface area (Å²) in [5.41, 5.74) is 3.37. The van der Waals surface area contributed by atoms with Crippen molar-refractivity contribution >= 4 is 29.2 Å². The Balaban J connectivity index is 1.54. The maximum atomic E-state index is 12.6. The molecule has 0 fully saturated rings. The van der Waals surface area contributed by atoms with Gasteiger partial charge in [-0.05, 0) is 35.9 Å². The van der Waals surface area contributed by atoms with Gasteiger partial charge in [0, 0.05) is 23.5 Å². The summed E-state index contributed by atoms with van der Waals surface area (Å²) in [6.07, 6.45) is 0. The Hall–Kier alpha value is -3.65. The van der Waals surface area contributed by atoms with E-state index in [1.165, 1.54) is 12.0 Å². The molecule has 0 saturated heterocycles. The first-order chi connectivity index (χ1) is 14.5. The van der Waals surface area contributed by atoms with Gasteiger partial charge in [0.1, 0.15) is 5.70 Å². The van der Waals surface area contributed by atoms with Crippen LogP contribution in [0.5, 0.6) is 0 Å². The van der Waals surface area contributed by atoms with E-state index in [0.717, 1.165) is 11.3 Å². The second-order valence-electron chi connectivity index (χ2n) is 7.02. The lowest BCUT2D eigenvalue weighted by atomic mass is 10.1. The lowest BCUT2D eigenvalue weighted by Crippen LogP contribution is -2.31. The molecule has 8 nitrogen and oxygen atoms in total. The molecule has 2 heterocycles. The monoisotopic (exact) mass is 407 g/mol. The van der Waals surface area contributed by atoms with Crippen LogP contribution in [0.4, 0.5) is 11.4 Å². The molecule has 0 saturated carbocycles. The molecule has 2 N–H and O–H groups in total. The predicted octanol–water partition coefficient (Wildman–Crippen LogP) is 1.52. The number of nitrogens with one attached hydrogen (secondary N) is 1. The van der Waals surface area contributed by atoms with Crippen LogP contribution in [0.2, 0.25) is 0 Å². The first kappa shape index (κ1) is 19.7. The molecule has 0 spiro atoms. The van der Waals surface area contributed by atoms with Crippen LogP contribution in [0.25, 0.3) is 0 Å². The first-order valence-corrected chi connectivity index (χ1v) is 9.52.